The first-order valence-corrected chi connectivity index (χ1v) is 9.31. The minimum atomic E-state index is -0.536. The van der Waals surface area contributed by atoms with Gasteiger partial charge in [0.1, 0.15) is 5.75 Å². The molecule has 28 heavy (non-hydrogen) atoms. The van der Waals surface area contributed by atoms with Crippen molar-refractivity contribution in [2.45, 2.75) is 19.8 Å². The normalized spacial score (nSPS) is 13.4. The highest BCUT2D eigenvalue weighted by molar-refractivity contribution is 6.31. The van der Waals surface area contributed by atoms with Gasteiger partial charge in [0.25, 0.3) is 11.8 Å². The molecule has 1 aliphatic rings. The highest BCUT2D eigenvalue weighted by atomic mass is 35.5. The van der Waals surface area contributed by atoms with Crippen molar-refractivity contribution in [3.8, 4) is 5.75 Å². The van der Waals surface area contributed by atoms with Gasteiger partial charge in [0.15, 0.2) is 0 Å². The molecular weight excluding hydrogens is 382 g/mol. The predicted octanol–water partition coefficient (Wildman–Crippen LogP) is 2.94. The monoisotopic (exact) mass is 401 g/mol. The van der Waals surface area contributed by atoms with E-state index < -0.39 is 11.8 Å². The first-order chi connectivity index (χ1) is 13.5. The Kier molecular flexibility index (Phi) is 6.16. The zero-order valence-electron chi connectivity index (χ0n) is 15.3. The molecule has 3 amide bonds. The third kappa shape index (κ3) is 4.43. The van der Waals surface area contributed by atoms with E-state index in [1.54, 1.807) is 36.4 Å². The molecule has 3 rings (SSSR count). The van der Waals surface area contributed by atoms with Crippen molar-refractivity contribution in [3.05, 3.63) is 58.6 Å². The van der Waals surface area contributed by atoms with Crippen LogP contribution in [0.3, 0.4) is 0 Å². The molecule has 0 atom stereocenters. The summed E-state index contributed by atoms with van der Waals surface area (Å²) in [6.45, 7) is 2.93. The van der Waals surface area contributed by atoms with Crippen LogP contribution in [-0.4, -0.2) is 30.9 Å². The Morgan fingerprint density at radius 3 is 2.46 bits per heavy atom. The number of hydrogen-bond donors (Lipinski definition) is 2. The van der Waals surface area contributed by atoms with E-state index in [1.165, 1.54) is 11.0 Å². The number of carbonyl (C=O) groups excluding carboxylic acids is 3. The number of amides is 3. The standard InChI is InChI=1S/C20H20ClN3O4/c1-2-28-15-8-5-13(6-9-15)19(26)22-23-20(27)16-10-7-14(21)12-17(16)24-11-3-4-18(24)25/h5-10,12H,2-4,11H2,1H3,(H,22,26)(H,23,27). The fourth-order valence-corrected chi connectivity index (χ4v) is 3.11. The van der Waals surface area contributed by atoms with Gasteiger partial charge < -0.3 is 9.64 Å². The van der Waals surface area contributed by atoms with E-state index in [-0.39, 0.29) is 11.5 Å². The average Bonchev–Trinajstić information content (AvgIpc) is 3.12. The summed E-state index contributed by atoms with van der Waals surface area (Å²) in [6.07, 6.45) is 1.16. The van der Waals surface area contributed by atoms with Gasteiger partial charge in [-0.05, 0) is 55.8 Å². The summed E-state index contributed by atoms with van der Waals surface area (Å²) in [6, 6.07) is 11.2. The molecule has 0 unspecified atom stereocenters. The van der Waals surface area contributed by atoms with Crippen molar-refractivity contribution in [1.82, 2.24) is 10.9 Å². The van der Waals surface area contributed by atoms with Gasteiger partial charge in [0, 0.05) is 23.6 Å². The van der Waals surface area contributed by atoms with E-state index in [0.717, 1.165) is 6.42 Å². The molecule has 0 aromatic heterocycles. The molecule has 0 saturated carbocycles. The molecule has 2 aromatic carbocycles. The highest BCUT2D eigenvalue weighted by Gasteiger charge is 2.26. The van der Waals surface area contributed by atoms with Crippen LogP contribution in [0.4, 0.5) is 5.69 Å². The summed E-state index contributed by atoms with van der Waals surface area (Å²) in [7, 11) is 0. The van der Waals surface area contributed by atoms with Crippen LogP contribution in [0.25, 0.3) is 0 Å². The van der Waals surface area contributed by atoms with E-state index in [9.17, 15) is 14.4 Å². The molecule has 7 nitrogen and oxygen atoms in total. The maximum absolute atomic E-state index is 12.6. The second kappa shape index (κ2) is 8.75. The Balaban J connectivity index is 1.69. The smallest absolute Gasteiger partial charge is 0.271 e. The topological polar surface area (TPSA) is 87.7 Å². The van der Waals surface area contributed by atoms with Crippen LogP contribution in [0.1, 0.15) is 40.5 Å². The Hall–Kier alpha value is -3.06. The number of benzene rings is 2. The Morgan fingerprint density at radius 1 is 1.11 bits per heavy atom. The molecule has 1 fully saturated rings. The summed E-state index contributed by atoms with van der Waals surface area (Å²) in [5.41, 5.74) is 5.82. The number of nitrogens with one attached hydrogen (secondary N) is 2. The third-order valence-corrected chi connectivity index (χ3v) is 4.52. The lowest BCUT2D eigenvalue weighted by atomic mass is 10.1. The first kappa shape index (κ1) is 19.7. The fourth-order valence-electron chi connectivity index (χ4n) is 2.95. The number of hydrazine groups is 1. The highest BCUT2D eigenvalue weighted by Crippen LogP contribution is 2.28. The van der Waals surface area contributed by atoms with Crippen molar-refractivity contribution >= 4 is 35.0 Å². The maximum atomic E-state index is 12.6. The zero-order chi connectivity index (χ0) is 20.1. The number of nitrogens with zero attached hydrogens (tertiary/aromatic N) is 1. The minimum absolute atomic E-state index is 0.0604. The molecule has 2 N–H and O–H groups in total. The van der Waals surface area contributed by atoms with Crippen molar-refractivity contribution < 1.29 is 19.1 Å². The third-order valence-electron chi connectivity index (χ3n) is 4.29. The van der Waals surface area contributed by atoms with Crippen LogP contribution in [0.15, 0.2) is 42.5 Å². The van der Waals surface area contributed by atoms with Crippen molar-refractivity contribution in [2.24, 2.45) is 0 Å². The predicted molar refractivity (Wildman–Crippen MR) is 106 cm³/mol. The summed E-state index contributed by atoms with van der Waals surface area (Å²) < 4.78 is 5.33. The first-order valence-electron chi connectivity index (χ1n) is 8.93. The van der Waals surface area contributed by atoms with E-state index in [1.807, 2.05) is 6.92 Å². The summed E-state index contributed by atoms with van der Waals surface area (Å²) in [4.78, 5) is 38.4. The van der Waals surface area contributed by atoms with E-state index >= 15 is 0 Å². The molecule has 0 radical (unpaired) electrons. The molecule has 1 heterocycles. The van der Waals surface area contributed by atoms with Crippen LogP contribution in [0.5, 0.6) is 5.75 Å². The van der Waals surface area contributed by atoms with Gasteiger partial charge in [-0.3, -0.25) is 25.2 Å². The molecule has 1 saturated heterocycles. The van der Waals surface area contributed by atoms with Gasteiger partial charge in [-0.2, -0.15) is 0 Å². The number of anilines is 1. The zero-order valence-corrected chi connectivity index (χ0v) is 16.1. The van der Waals surface area contributed by atoms with E-state index in [0.29, 0.717) is 41.6 Å². The molecule has 2 aromatic rings. The Bertz CT molecular complexity index is 899. The molecule has 0 aliphatic carbocycles. The van der Waals surface area contributed by atoms with Gasteiger partial charge in [0.05, 0.1) is 17.9 Å². The van der Waals surface area contributed by atoms with E-state index in [4.69, 9.17) is 16.3 Å². The number of ether oxygens (including phenoxy) is 1. The van der Waals surface area contributed by atoms with Gasteiger partial charge in [0.2, 0.25) is 5.91 Å². The SMILES string of the molecule is CCOc1ccc(C(=O)NNC(=O)c2ccc(Cl)cc2N2CCCC2=O)cc1. The van der Waals surface area contributed by atoms with Crippen LogP contribution >= 0.6 is 11.6 Å². The number of carbonyl (C=O) groups is 3. The summed E-state index contributed by atoms with van der Waals surface area (Å²) in [5.74, 6) is -0.409. The van der Waals surface area contributed by atoms with Crippen LogP contribution in [0.2, 0.25) is 5.02 Å². The largest absolute Gasteiger partial charge is 0.494 e. The van der Waals surface area contributed by atoms with Gasteiger partial charge in [-0.15, -0.1) is 0 Å². The lowest BCUT2D eigenvalue weighted by Gasteiger charge is -2.20. The molecule has 0 spiro atoms. The molecule has 146 valence electrons. The number of hydrogen-bond acceptors (Lipinski definition) is 4. The lowest BCUT2D eigenvalue weighted by Crippen LogP contribution is -2.42. The average molecular weight is 402 g/mol. The van der Waals surface area contributed by atoms with Crippen LogP contribution in [0, 0.1) is 0 Å². The quantitative estimate of drug-likeness (QED) is 0.754. The summed E-state index contributed by atoms with van der Waals surface area (Å²) >= 11 is 6.04. The molecule has 8 heteroatoms. The molecule has 0 bridgehead atoms. The van der Waals surface area contributed by atoms with Gasteiger partial charge in [-0.25, -0.2) is 0 Å². The van der Waals surface area contributed by atoms with Crippen molar-refractivity contribution in [3.63, 3.8) is 0 Å². The molecular formula is C20H20ClN3O4. The Morgan fingerprint density at radius 2 is 1.82 bits per heavy atom. The van der Waals surface area contributed by atoms with Crippen molar-refractivity contribution in [1.29, 1.82) is 0 Å². The van der Waals surface area contributed by atoms with Gasteiger partial charge in [-0.1, -0.05) is 11.6 Å². The van der Waals surface area contributed by atoms with Crippen LogP contribution < -0.4 is 20.5 Å². The maximum Gasteiger partial charge on any atom is 0.271 e. The second-order valence-electron chi connectivity index (χ2n) is 6.18. The van der Waals surface area contributed by atoms with E-state index in [2.05, 4.69) is 10.9 Å². The van der Waals surface area contributed by atoms with Crippen molar-refractivity contribution in [2.75, 3.05) is 18.1 Å². The number of rotatable bonds is 5. The number of halogens is 1. The lowest BCUT2D eigenvalue weighted by molar-refractivity contribution is -0.117. The van der Waals surface area contributed by atoms with Gasteiger partial charge >= 0.3 is 0 Å². The van der Waals surface area contributed by atoms with Crippen LogP contribution in [-0.2, 0) is 4.79 Å². The Labute approximate surface area is 167 Å². The molecule has 1 aliphatic heterocycles. The summed E-state index contributed by atoms with van der Waals surface area (Å²) in [5, 5.41) is 0.421. The second-order valence-corrected chi connectivity index (χ2v) is 6.61. The minimum Gasteiger partial charge on any atom is -0.494 e. The fraction of sp³-hybridized carbons (Fsp3) is 0.250.